The molecule has 0 amide bonds. The summed E-state index contributed by atoms with van der Waals surface area (Å²) in [5.41, 5.74) is 13.5. The van der Waals surface area contributed by atoms with E-state index >= 15 is 0 Å². The fraction of sp³-hybridized carbons (Fsp3) is 0.500. The molecule has 1 atom stereocenters. The lowest BCUT2D eigenvalue weighted by Crippen LogP contribution is -2.40. The molecule has 2 aliphatic rings. The molecule has 1 saturated carbocycles. The minimum absolute atomic E-state index is 0.0852. The van der Waals surface area contributed by atoms with E-state index in [4.69, 9.17) is 10.3 Å². The fourth-order valence-electron chi connectivity index (χ4n) is 6.27. The Bertz CT molecular complexity index is 1160. The van der Waals surface area contributed by atoms with Crippen LogP contribution in [0.3, 0.4) is 0 Å². The molecule has 1 fully saturated rings. The number of hydrogen-bond donors (Lipinski definition) is 1. The van der Waals surface area contributed by atoms with Crippen LogP contribution in [-0.4, -0.2) is 15.8 Å². The molecular formula is C28H35N3O2. The summed E-state index contributed by atoms with van der Waals surface area (Å²) in [6.45, 7) is 6.34. The first-order chi connectivity index (χ1) is 15.9. The normalized spacial score (nSPS) is 18.9. The van der Waals surface area contributed by atoms with Crippen molar-refractivity contribution in [2.75, 3.05) is 0 Å². The van der Waals surface area contributed by atoms with Crippen LogP contribution in [0.1, 0.15) is 90.7 Å². The molecule has 0 aliphatic heterocycles. The van der Waals surface area contributed by atoms with Crippen LogP contribution in [-0.2, 0) is 18.3 Å². The molecule has 1 unspecified atom stereocenters. The number of aromatic nitrogens is 2. The van der Waals surface area contributed by atoms with E-state index in [-0.39, 0.29) is 12.1 Å². The van der Waals surface area contributed by atoms with Crippen molar-refractivity contribution in [2.45, 2.75) is 89.6 Å². The third-order valence-corrected chi connectivity index (χ3v) is 7.60. The van der Waals surface area contributed by atoms with Gasteiger partial charge in [-0.1, -0.05) is 66.8 Å². The minimum atomic E-state index is -0.625. The van der Waals surface area contributed by atoms with Crippen molar-refractivity contribution in [3.05, 3.63) is 86.2 Å². The molecule has 5 nitrogen and oxygen atoms in total. The maximum Gasteiger partial charge on any atom is 0.459 e. The molecule has 5 heteroatoms. The smallest absolute Gasteiger partial charge is 0.328 e. The number of fused-ring (bicyclic) bond motifs is 2. The summed E-state index contributed by atoms with van der Waals surface area (Å²) in [7, 11) is 0. The van der Waals surface area contributed by atoms with Crippen LogP contribution < -0.4 is 11.5 Å². The monoisotopic (exact) mass is 445 g/mol. The summed E-state index contributed by atoms with van der Waals surface area (Å²) >= 11 is 0. The topological polar surface area (TPSA) is 74.1 Å². The number of rotatable bonds is 4. The second-order valence-electron chi connectivity index (χ2n) is 10.3. The second kappa shape index (κ2) is 8.60. The van der Waals surface area contributed by atoms with Gasteiger partial charge in [-0.25, -0.2) is 4.79 Å². The Balaban J connectivity index is 1.86. The summed E-state index contributed by atoms with van der Waals surface area (Å²) in [6, 6.07) is 13.5. The molecule has 1 heterocycles. The van der Waals surface area contributed by atoms with Crippen molar-refractivity contribution in [3.8, 4) is 0 Å². The van der Waals surface area contributed by atoms with E-state index in [2.05, 4.69) is 62.2 Å². The number of nitrogens with zero attached hydrogens (tertiary/aromatic N) is 2. The summed E-state index contributed by atoms with van der Waals surface area (Å²) in [4.78, 5) is 17.3. The molecule has 0 spiro atoms. The molecule has 3 aromatic rings. The van der Waals surface area contributed by atoms with E-state index in [1.54, 1.807) is 0 Å². The van der Waals surface area contributed by atoms with Gasteiger partial charge in [0.25, 0.3) is 0 Å². The van der Waals surface area contributed by atoms with Crippen LogP contribution in [0.25, 0.3) is 0 Å². The first kappa shape index (κ1) is 22.1. The van der Waals surface area contributed by atoms with E-state index in [1.165, 1.54) is 39.8 Å². The van der Waals surface area contributed by atoms with Gasteiger partial charge in [0.15, 0.2) is 5.82 Å². The van der Waals surface area contributed by atoms with Crippen LogP contribution in [0.5, 0.6) is 0 Å². The summed E-state index contributed by atoms with van der Waals surface area (Å²) < 4.78 is 7.72. The van der Waals surface area contributed by atoms with E-state index in [0.717, 1.165) is 44.3 Å². The average molecular weight is 446 g/mol. The van der Waals surface area contributed by atoms with Crippen molar-refractivity contribution in [2.24, 2.45) is 5.73 Å². The highest BCUT2D eigenvalue weighted by atomic mass is 16.5. The molecular weight excluding hydrogens is 410 g/mol. The lowest BCUT2D eigenvalue weighted by molar-refractivity contribution is 0.156. The average Bonchev–Trinajstić information content (AvgIpc) is 3.13. The molecule has 2 N–H and O–H groups in total. The largest absolute Gasteiger partial charge is 0.459 e. The van der Waals surface area contributed by atoms with E-state index in [1.807, 2.05) is 4.74 Å². The zero-order chi connectivity index (χ0) is 23.2. The van der Waals surface area contributed by atoms with Gasteiger partial charge in [-0.05, 0) is 75.1 Å². The molecule has 2 aromatic carbocycles. The van der Waals surface area contributed by atoms with Gasteiger partial charge in [0.1, 0.15) is 0 Å². The van der Waals surface area contributed by atoms with Crippen molar-refractivity contribution in [1.82, 2.24) is 9.72 Å². The summed E-state index contributed by atoms with van der Waals surface area (Å²) in [5.74, 6) is 0.222. The van der Waals surface area contributed by atoms with Crippen molar-refractivity contribution >= 4 is 0 Å². The maximum atomic E-state index is 12.7. The van der Waals surface area contributed by atoms with Crippen molar-refractivity contribution < 1.29 is 4.52 Å². The van der Waals surface area contributed by atoms with Gasteiger partial charge in [-0.15, -0.1) is 0 Å². The zero-order valence-electron chi connectivity index (χ0n) is 20.1. The van der Waals surface area contributed by atoms with Crippen molar-refractivity contribution in [3.63, 3.8) is 0 Å². The summed E-state index contributed by atoms with van der Waals surface area (Å²) in [6.07, 6.45) is 8.15. The minimum Gasteiger partial charge on any atom is -0.328 e. The Labute approximate surface area is 196 Å². The van der Waals surface area contributed by atoms with E-state index in [0.29, 0.717) is 6.42 Å². The molecule has 174 valence electrons. The maximum absolute atomic E-state index is 12.7. The Morgan fingerprint density at radius 1 is 1.03 bits per heavy atom. The molecule has 0 radical (unpaired) electrons. The fourth-order valence-corrected chi connectivity index (χ4v) is 6.27. The Kier molecular flexibility index (Phi) is 5.77. The van der Waals surface area contributed by atoms with Gasteiger partial charge in [0, 0.05) is 6.04 Å². The zero-order valence-corrected chi connectivity index (χ0v) is 20.1. The van der Waals surface area contributed by atoms with Gasteiger partial charge >= 0.3 is 5.76 Å². The first-order valence-corrected chi connectivity index (χ1v) is 12.4. The highest BCUT2D eigenvalue weighted by Gasteiger charge is 2.46. The quantitative estimate of drug-likeness (QED) is 0.604. The van der Waals surface area contributed by atoms with Gasteiger partial charge < -0.3 is 10.3 Å². The first-order valence-electron chi connectivity index (χ1n) is 12.4. The van der Waals surface area contributed by atoms with Crippen LogP contribution in [0.4, 0.5) is 0 Å². The molecule has 33 heavy (non-hydrogen) atoms. The third-order valence-electron chi connectivity index (χ3n) is 7.60. The van der Waals surface area contributed by atoms with Gasteiger partial charge in [0.2, 0.25) is 0 Å². The lowest BCUT2D eigenvalue weighted by atomic mass is 9.67. The van der Waals surface area contributed by atoms with Crippen LogP contribution in [0.15, 0.2) is 45.7 Å². The predicted molar refractivity (Wildman–Crippen MR) is 131 cm³/mol. The second-order valence-corrected chi connectivity index (χ2v) is 10.3. The Hall–Kier alpha value is -2.66. The van der Waals surface area contributed by atoms with E-state index in [9.17, 15) is 4.79 Å². The number of benzene rings is 2. The number of hydrogen-bond acceptors (Lipinski definition) is 4. The highest BCUT2D eigenvalue weighted by Crippen LogP contribution is 2.48. The van der Waals surface area contributed by atoms with Crippen molar-refractivity contribution in [1.29, 1.82) is 0 Å². The number of aryl methyl sites for hydroxylation is 4. The standard InChI is InChI=1S/C28H35N3O2/c1-18-9-13-24-21(15-18)11-12-22-16-19(2)10-14-25(22)28(24,17-20(3)29)26-30-27(32)33-31(26)23-7-5-4-6-8-23/h9-10,13-16,20,23H,4-8,11-12,17,29H2,1-3H3. The Morgan fingerprint density at radius 3 is 2.15 bits per heavy atom. The van der Waals surface area contributed by atoms with Crippen LogP contribution in [0, 0.1) is 13.8 Å². The molecule has 0 saturated heterocycles. The molecule has 2 aliphatic carbocycles. The highest BCUT2D eigenvalue weighted by molar-refractivity contribution is 5.56. The SMILES string of the molecule is Cc1ccc2c(c1)CCc1cc(C)ccc1C2(CC(C)N)c1nc(=O)on1C1CCCCC1. The van der Waals surface area contributed by atoms with Gasteiger partial charge in [0.05, 0.1) is 11.5 Å². The molecule has 1 aromatic heterocycles. The summed E-state index contributed by atoms with van der Waals surface area (Å²) in [5, 5.41) is 0. The van der Waals surface area contributed by atoms with Crippen LogP contribution in [0.2, 0.25) is 0 Å². The van der Waals surface area contributed by atoms with Gasteiger partial charge in [-0.3, -0.25) is 0 Å². The Morgan fingerprint density at radius 2 is 1.61 bits per heavy atom. The van der Waals surface area contributed by atoms with E-state index < -0.39 is 11.2 Å². The van der Waals surface area contributed by atoms with Crippen LogP contribution >= 0.6 is 0 Å². The molecule has 0 bridgehead atoms. The predicted octanol–water partition coefficient (Wildman–Crippen LogP) is 5.13. The number of nitrogens with two attached hydrogens (primary N) is 1. The van der Waals surface area contributed by atoms with Gasteiger partial charge in [-0.2, -0.15) is 9.72 Å². The third kappa shape index (κ3) is 3.86. The molecule has 5 rings (SSSR count). The lowest BCUT2D eigenvalue weighted by Gasteiger charge is -2.38.